The molecule has 1 atom stereocenters. The average Bonchev–Trinajstić information content (AvgIpc) is 3.77. The predicted octanol–water partition coefficient (Wildman–Crippen LogP) is 13.2. The summed E-state index contributed by atoms with van der Waals surface area (Å²) < 4.78 is 10.8. The first kappa shape index (κ1) is 39.9. The summed E-state index contributed by atoms with van der Waals surface area (Å²) in [6, 6.07) is 41.1. The highest BCUT2D eigenvalue weighted by Crippen LogP contribution is 2.56. The summed E-state index contributed by atoms with van der Waals surface area (Å²) in [6.07, 6.45) is 6.57. The molecule has 1 unspecified atom stereocenters. The molecule has 0 saturated heterocycles. The van der Waals surface area contributed by atoms with Crippen LogP contribution in [0.2, 0.25) is 0 Å². The highest BCUT2D eigenvalue weighted by atomic mass is 16.5. The zero-order valence-corrected chi connectivity index (χ0v) is 35.9. The molecule has 0 bridgehead atoms. The van der Waals surface area contributed by atoms with Gasteiger partial charge in [-0.15, -0.1) is 6.58 Å². The number of fused-ring (bicyclic) bond motifs is 9. The minimum absolute atomic E-state index is 0.106. The first-order chi connectivity index (χ1) is 29.3. The molecule has 0 radical (unpaired) electrons. The number of carbonyl (C=O) groups excluding carboxylic acids is 2. The molecule has 0 fully saturated rings. The van der Waals surface area contributed by atoms with E-state index >= 15 is 0 Å². The Morgan fingerprint density at radius 1 is 0.508 bits per heavy atom. The Morgan fingerprint density at radius 3 is 1.38 bits per heavy atom. The highest BCUT2D eigenvalue weighted by Gasteiger charge is 2.42. The summed E-state index contributed by atoms with van der Waals surface area (Å²) in [5.74, 6) is -0.810. The molecule has 61 heavy (non-hydrogen) atoms. The van der Waals surface area contributed by atoms with E-state index in [0.29, 0.717) is 26.1 Å². The van der Waals surface area contributed by atoms with Crippen molar-refractivity contribution >= 4 is 11.9 Å². The van der Waals surface area contributed by atoms with Gasteiger partial charge >= 0.3 is 11.9 Å². The molecule has 6 aromatic rings. The molecule has 3 aliphatic rings. The maximum Gasteiger partial charge on any atom is 0.330 e. The molecular weight excluding hydrogens is 749 g/mol. The predicted molar refractivity (Wildman–Crippen MR) is 249 cm³/mol. The van der Waals surface area contributed by atoms with E-state index in [9.17, 15) is 9.59 Å². The van der Waals surface area contributed by atoms with Crippen LogP contribution >= 0.6 is 0 Å². The van der Waals surface area contributed by atoms with Gasteiger partial charge in [0.1, 0.15) is 0 Å². The first-order valence-corrected chi connectivity index (χ1v) is 21.4. The van der Waals surface area contributed by atoms with E-state index in [1.54, 1.807) is 0 Å². The number of rotatable bonds is 12. The third kappa shape index (κ3) is 6.43. The fourth-order valence-electron chi connectivity index (χ4n) is 10.5. The van der Waals surface area contributed by atoms with E-state index in [4.69, 9.17) is 9.47 Å². The van der Waals surface area contributed by atoms with Crippen LogP contribution in [-0.2, 0) is 41.7 Å². The fraction of sp³-hybridized carbons (Fsp3) is 0.228. The van der Waals surface area contributed by atoms with Crippen molar-refractivity contribution in [2.45, 2.75) is 70.1 Å². The van der Waals surface area contributed by atoms with Crippen LogP contribution in [0.1, 0.15) is 85.0 Å². The van der Waals surface area contributed by atoms with Gasteiger partial charge in [0.25, 0.3) is 0 Å². The molecule has 0 spiro atoms. The second-order valence-corrected chi connectivity index (χ2v) is 18.0. The number of ether oxygens (including phenoxy) is 2. The van der Waals surface area contributed by atoms with Crippen molar-refractivity contribution in [1.82, 2.24) is 0 Å². The van der Waals surface area contributed by atoms with Gasteiger partial charge in [0.05, 0.1) is 13.2 Å². The Balaban J connectivity index is 1.08. The normalized spacial score (nSPS) is 16.6. The van der Waals surface area contributed by atoms with Crippen molar-refractivity contribution in [2.24, 2.45) is 0 Å². The summed E-state index contributed by atoms with van der Waals surface area (Å²) in [7, 11) is 0. The average molecular weight is 801 g/mol. The lowest BCUT2D eigenvalue weighted by molar-refractivity contribution is -0.138. The van der Waals surface area contributed by atoms with Gasteiger partial charge in [-0.25, -0.2) is 9.59 Å². The quantitative estimate of drug-likeness (QED) is 0.0535. The van der Waals surface area contributed by atoms with Crippen molar-refractivity contribution in [3.8, 4) is 55.6 Å². The molecule has 0 heterocycles. The van der Waals surface area contributed by atoms with Crippen LogP contribution in [0.25, 0.3) is 55.6 Å². The van der Waals surface area contributed by atoms with E-state index in [1.807, 2.05) is 0 Å². The van der Waals surface area contributed by atoms with Crippen molar-refractivity contribution < 1.29 is 19.1 Å². The number of aryl methyl sites for hydroxylation is 1. The molecule has 4 nitrogen and oxygen atoms in total. The zero-order valence-electron chi connectivity index (χ0n) is 35.9. The number of carbonyl (C=O) groups is 2. The van der Waals surface area contributed by atoms with Crippen LogP contribution in [0, 0.1) is 6.92 Å². The molecule has 9 rings (SSSR count). The Kier molecular flexibility index (Phi) is 9.74. The monoisotopic (exact) mass is 800 g/mol. The number of hydrogen-bond donors (Lipinski definition) is 0. The van der Waals surface area contributed by atoms with Gasteiger partial charge in [0.2, 0.25) is 0 Å². The molecular formula is C57H52O4. The molecule has 304 valence electrons. The van der Waals surface area contributed by atoms with Gasteiger partial charge in [-0.3, -0.25) is 0 Å². The minimum atomic E-state index is -0.510. The lowest BCUT2D eigenvalue weighted by Gasteiger charge is -2.29. The topological polar surface area (TPSA) is 52.6 Å². The van der Waals surface area contributed by atoms with Crippen molar-refractivity contribution in [2.75, 3.05) is 13.2 Å². The Labute approximate surface area is 360 Å². The standard InChI is InChI=1S/C57H52O4/c1-9-53(58)60-27-12-26-57(11-3)51-33-39(37-15-21-43-41-19-13-35(4)29-47(41)55(5,6)49(43)31-37)17-23-45(51)46-24-18-40(34-52(46)57)38-16-22-44-42-20-14-36(25-28-61-54(59)10-2)30-48(42)56(7,8)50(44)32-38/h9-11,13-24,29-34H,1-3,12,25-28H2,4-8H3. The lowest BCUT2D eigenvalue weighted by atomic mass is 9.73. The summed E-state index contributed by atoms with van der Waals surface area (Å²) in [4.78, 5) is 23.7. The molecule has 0 amide bonds. The smallest absolute Gasteiger partial charge is 0.330 e. The Morgan fingerprint density at radius 2 is 0.902 bits per heavy atom. The maximum atomic E-state index is 12.1. The second kappa shape index (κ2) is 14.9. The van der Waals surface area contributed by atoms with Crippen LogP contribution in [0.15, 0.2) is 147 Å². The lowest BCUT2D eigenvalue weighted by Crippen LogP contribution is -2.23. The van der Waals surface area contributed by atoms with Crippen LogP contribution in [0.5, 0.6) is 0 Å². The molecule has 0 aromatic heterocycles. The number of benzene rings is 6. The molecule has 0 N–H and O–H groups in total. The van der Waals surface area contributed by atoms with E-state index in [1.165, 1.54) is 95.6 Å². The van der Waals surface area contributed by atoms with Crippen LogP contribution in [0.4, 0.5) is 0 Å². The van der Waals surface area contributed by atoms with Gasteiger partial charge in [-0.1, -0.05) is 137 Å². The van der Waals surface area contributed by atoms with E-state index in [0.717, 1.165) is 23.1 Å². The summed E-state index contributed by atoms with van der Waals surface area (Å²) in [6.45, 7) is 23.7. The zero-order chi connectivity index (χ0) is 42.8. The summed E-state index contributed by atoms with van der Waals surface area (Å²) in [5.41, 5.74) is 21.5. The highest BCUT2D eigenvalue weighted by molar-refractivity contribution is 5.90. The molecule has 6 aromatic carbocycles. The molecule has 0 aliphatic heterocycles. The van der Waals surface area contributed by atoms with Crippen LogP contribution in [0.3, 0.4) is 0 Å². The van der Waals surface area contributed by atoms with Crippen molar-refractivity contribution in [1.29, 1.82) is 0 Å². The van der Waals surface area contributed by atoms with Gasteiger partial charge in [0, 0.05) is 34.8 Å². The SMILES string of the molecule is C=CC(=O)OCCCC1(C=C)c2cc(-c3ccc4c(c3)C(C)(C)c3cc(C)ccc3-4)ccc2-c2ccc(-c3ccc4c(c3)C(C)(C)c3cc(CCOC(=O)C=C)ccc3-4)cc21. The van der Waals surface area contributed by atoms with Crippen LogP contribution < -0.4 is 0 Å². The number of allylic oxidation sites excluding steroid dienone is 1. The van der Waals surface area contributed by atoms with Gasteiger partial charge in [0.15, 0.2) is 0 Å². The van der Waals surface area contributed by atoms with E-state index in [-0.39, 0.29) is 10.8 Å². The van der Waals surface area contributed by atoms with Crippen LogP contribution in [-0.4, -0.2) is 25.2 Å². The van der Waals surface area contributed by atoms with Crippen molar-refractivity contribution in [3.63, 3.8) is 0 Å². The minimum Gasteiger partial charge on any atom is -0.463 e. The third-order valence-electron chi connectivity index (χ3n) is 13.8. The van der Waals surface area contributed by atoms with E-state index < -0.39 is 17.4 Å². The molecule has 3 aliphatic carbocycles. The van der Waals surface area contributed by atoms with Gasteiger partial charge in [-0.2, -0.15) is 0 Å². The summed E-state index contributed by atoms with van der Waals surface area (Å²) in [5, 5.41) is 0. The third-order valence-corrected chi connectivity index (χ3v) is 13.8. The number of hydrogen-bond acceptors (Lipinski definition) is 4. The van der Waals surface area contributed by atoms with Gasteiger partial charge < -0.3 is 9.47 Å². The Bertz CT molecular complexity index is 2850. The molecule has 4 heteroatoms. The first-order valence-electron chi connectivity index (χ1n) is 21.4. The van der Waals surface area contributed by atoms with Gasteiger partial charge in [-0.05, 0) is 139 Å². The Hall–Kier alpha value is -6.52. The molecule has 0 saturated carbocycles. The fourth-order valence-corrected chi connectivity index (χ4v) is 10.5. The largest absolute Gasteiger partial charge is 0.463 e. The summed E-state index contributed by atoms with van der Waals surface area (Å²) >= 11 is 0. The second-order valence-electron chi connectivity index (χ2n) is 18.0. The maximum absolute atomic E-state index is 12.1. The van der Waals surface area contributed by atoms with E-state index in [2.05, 4.69) is 170 Å². The number of esters is 2. The van der Waals surface area contributed by atoms with Crippen molar-refractivity contribution in [3.05, 3.63) is 192 Å².